The van der Waals surface area contributed by atoms with Gasteiger partial charge in [0, 0.05) is 25.0 Å². The maximum absolute atomic E-state index is 13.3. The molecule has 0 unspecified atom stereocenters. The molecule has 25 heavy (non-hydrogen) atoms. The van der Waals surface area contributed by atoms with Gasteiger partial charge in [-0.1, -0.05) is 11.8 Å². The monoisotopic (exact) mass is 358 g/mol. The Hall–Kier alpha value is -2.41. The lowest BCUT2D eigenvalue weighted by molar-refractivity contribution is -0.127. The molecule has 0 spiro atoms. The third kappa shape index (κ3) is 3.66. The number of aromatic nitrogens is 3. The Morgan fingerprint density at radius 3 is 2.60 bits per heavy atom. The van der Waals surface area contributed by atoms with E-state index in [1.165, 1.54) is 23.9 Å². The van der Waals surface area contributed by atoms with E-state index in [0.29, 0.717) is 29.6 Å². The molecule has 0 aliphatic rings. The van der Waals surface area contributed by atoms with Crippen LogP contribution < -0.4 is 0 Å². The van der Waals surface area contributed by atoms with Gasteiger partial charge < -0.3 is 4.90 Å². The van der Waals surface area contributed by atoms with Crippen molar-refractivity contribution < 1.29 is 9.18 Å². The second-order valence-electron chi connectivity index (χ2n) is 5.41. The first-order valence-corrected chi connectivity index (χ1v) is 9.12. The van der Waals surface area contributed by atoms with Gasteiger partial charge in [0.1, 0.15) is 11.3 Å². The molecule has 3 aromatic rings. The highest BCUT2D eigenvalue weighted by atomic mass is 32.2. The summed E-state index contributed by atoms with van der Waals surface area (Å²) in [4.78, 5) is 23.1. The van der Waals surface area contributed by atoms with Crippen LogP contribution in [0.2, 0.25) is 0 Å². The molecule has 0 bridgehead atoms. The lowest BCUT2D eigenvalue weighted by atomic mass is 10.3. The van der Waals surface area contributed by atoms with Gasteiger partial charge in [0.05, 0.1) is 5.75 Å². The molecular formula is C18H19FN4OS. The predicted octanol–water partition coefficient (Wildman–Crippen LogP) is 3.52. The summed E-state index contributed by atoms with van der Waals surface area (Å²) >= 11 is 1.37. The summed E-state index contributed by atoms with van der Waals surface area (Å²) in [6.45, 7) is 5.30. The fraction of sp³-hybridized carbons (Fsp3) is 0.278. The van der Waals surface area contributed by atoms with Crippen LogP contribution in [0, 0.1) is 5.82 Å². The van der Waals surface area contributed by atoms with Crippen molar-refractivity contribution in [3.05, 3.63) is 48.4 Å². The molecule has 0 saturated carbocycles. The number of nitrogens with zero attached hydrogens (tertiary/aromatic N) is 4. The largest absolute Gasteiger partial charge is 0.343 e. The van der Waals surface area contributed by atoms with Crippen molar-refractivity contribution in [2.24, 2.45) is 0 Å². The maximum atomic E-state index is 13.3. The minimum absolute atomic E-state index is 0.0701. The molecule has 0 aliphatic carbocycles. The van der Waals surface area contributed by atoms with Crippen molar-refractivity contribution in [1.82, 2.24) is 19.4 Å². The van der Waals surface area contributed by atoms with E-state index in [-0.39, 0.29) is 11.7 Å². The SMILES string of the molecule is CCN(CC)C(=O)CSc1nc2cccnc2n1-c1ccc(F)cc1. The molecule has 2 aromatic heterocycles. The summed E-state index contributed by atoms with van der Waals surface area (Å²) in [7, 11) is 0. The molecule has 0 saturated heterocycles. The Balaban J connectivity index is 1.96. The van der Waals surface area contributed by atoms with Crippen LogP contribution in [0.4, 0.5) is 4.39 Å². The number of hydrogen-bond donors (Lipinski definition) is 0. The summed E-state index contributed by atoms with van der Waals surface area (Å²) in [5, 5.41) is 0.667. The average Bonchev–Trinajstić information content (AvgIpc) is 3.00. The topological polar surface area (TPSA) is 51.0 Å². The van der Waals surface area contributed by atoms with Gasteiger partial charge in [0.2, 0.25) is 5.91 Å². The van der Waals surface area contributed by atoms with Crippen molar-refractivity contribution in [1.29, 1.82) is 0 Å². The number of pyridine rings is 1. The van der Waals surface area contributed by atoms with Gasteiger partial charge in [-0.3, -0.25) is 9.36 Å². The predicted molar refractivity (Wildman–Crippen MR) is 97.5 cm³/mol. The second kappa shape index (κ2) is 7.65. The van der Waals surface area contributed by atoms with Crippen LogP contribution >= 0.6 is 11.8 Å². The number of imidazole rings is 1. The molecule has 2 heterocycles. The minimum atomic E-state index is -0.299. The van der Waals surface area contributed by atoms with Gasteiger partial charge in [-0.05, 0) is 50.2 Å². The number of fused-ring (bicyclic) bond motifs is 1. The van der Waals surface area contributed by atoms with E-state index in [9.17, 15) is 9.18 Å². The lowest BCUT2D eigenvalue weighted by Gasteiger charge is -2.18. The van der Waals surface area contributed by atoms with Gasteiger partial charge in [-0.15, -0.1) is 0 Å². The standard InChI is InChI=1S/C18H19FN4OS/c1-3-22(4-2)16(24)12-25-18-21-15-6-5-11-20-17(15)23(18)14-9-7-13(19)8-10-14/h5-11H,3-4,12H2,1-2H3. The van der Waals surface area contributed by atoms with Crippen molar-refractivity contribution in [3.63, 3.8) is 0 Å². The molecule has 7 heteroatoms. The molecule has 3 rings (SSSR count). The molecule has 0 fully saturated rings. The number of carbonyl (C=O) groups excluding carboxylic acids is 1. The fourth-order valence-corrected chi connectivity index (χ4v) is 3.52. The van der Waals surface area contributed by atoms with Crippen molar-refractivity contribution >= 4 is 28.8 Å². The van der Waals surface area contributed by atoms with Crippen molar-refractivity contribution in [2.75, 3.05) is 18.8 Å². The van der Waals surface area contributed by atoms with Crippen molar-refractivity contribution in [3.8, 4) is 5.69 Å². The third-order valence-corrected chi connectivity index (χ3v) is 4.83. The molecule has 130 valence electrons. The first-order chi connectivity index (χ1) is 12.1. The Bertz CT molecular complexity index is 874. The summed E-state index contributed by atoms with van der Waals surface area (Å²) in [5.74, 6) is 0.0688. The van der Waals surface area contributed by atoms with E-state index in [2.05, 4.69) is 9.97 Å². The number of halogens is 1. The molecular weight excluding hydrogens is 339 g/mol. The molecule has 0 N–H and O–H groups in total. The molecule has 1 amide bonds. The highest BCUT2D eigenvalue weighted by molar-refractivity contribution is 7.99. The smallest absolute Gasteiger partial charge is 0.233 e. The zero-order valence-electron chi connectivity index (χ0n) is 14.1. The second-order valence-corrected chi connectivity index (χ2v) is 6.35. The zero-order chi connectivity index (χ0) is 17.8. The number of benzene rings is 1. The highest BCUT2D eigenvalue weighted by Gasteiger charge is 2.17. The summed E-state index contributed by atoms with van der Waals surface area (Å²) in [6, 6.07) is 9.86. The highest BCUT2D eigenvalue weighted by Crippen LogP contribution is 2.27. The van der Waals surface area contributed by atoms with Gasteiger partial charge in [-0.2, -0.15) is 0 Å². The van der Waals surface area contributed by atoms with Gasteiger partial charge in [0.25, 0.3) is 0 Å². The van der Waals surface area contributed by atoms with Crippen LogP contribution in [-0.2, 0) is 4.79 Å². The van der Waals surface area contributed by atoms with Crippen LogP contribution in [0.25, 0.3) is 16.9 Å². The van der Waals surface area contributed by atoms with E-state index < -0.39 is 0 Å². The van der Waals surface area contributed by atoms with Crippen LogP contribution in [0.15, 0.2) is 47.8 Å². The maximum Gasteiger partial charge on any atom is 0.233 e. The molecule has 0 radical (unpaired) electrons. The minimum Gasteiger partial charge on any atom is -0.343 e. The number of carbonyl (C=O) groups is 1. The fourth-order valence-electron chi connectivity index (χ4n) is 2.61. The average molecular weight is 358 g/mol. The van der Waals surface area contributed by atoms with Gasteiger partial charge >= 0.3 is 0 Å². The summed E-state index contributed by atoms with van der Waals surface area (Å²) in [6.07, 6.45) is 1.69. The van der Waals surface area contributed by atoms with Gasteiger partial charge in [0.15, 0.2) is 10.8 Å². The first kappa shape index (κ1) is 17.4. The van der Waals surface area contributed by atoms with E-state index >= 15 is 0 Å². The first-order valence-electron chi connectivity index (χ1n) is 8.14. The van der Waals surface area contributed by atoms with Crippen LogP contribution in [0.3, 0.4) is 0 Å². The van der Waals surface area contributed by atoms with Crippen molar-refractivity contribution in [2.45, 2.75) is 19.0 Å². The van der Waals surface area contributed by atoms with Crippen LogP contribution in [0.1, 0.15) is 13.8 Å². The third-order valence-electron chi connectivity index (χ3n) is 3.91. The molecule has 0 atom stereocenters. The molecule has 1 aromatic carbocycles. The zero-order valence-corrected chi connectivity index (χ0v) is 15.0. The number of amides is 1. The van der Waals surface area contributed by atoms with E-state index in [1.54, 1.807) is 23.2 Å². The van der Waals surface area contributed by atoms with E-state index in [4.69, 9.17) is 0 Å². The quantitative estimate of drug-likeness (QED) is 0.633. The van der Waals surface area contributed by atoms with E-state index in [1.807, 2.05) is 30.5 Å². The van der Waals surface area contributed by atoms with E-state index in [0.717, 1.165) is 11.2 Å². The molecule has 0 aliphatic heterocycles. The van der Waals surface area contributed by atoms with Crippen LogP contribution in [0.5, 0.6) is 0 Å². The van der Waals surface area contributed by atoms with Gasteiger partial charge in [-0.25, -0.2) is 14.4 Å². The lowest BCUT2D eigenvalue weighted by Crippen LogP contribution is -2.31. The Morgan fingerprint density at radius 1 is 1.20 bits per heavy atom. The van der Waals surface area contributed by atoms with Crippen LogP contribution in [-0.4, -0.2) is 44.2 Å². The normalized spacial score (nSPS) is 11.0. The molecule has 5 nitrogen and oxygen atoms in total. The Morgan fingerprint density at radius 2 is 1.92 bits per heavy atom. The Labute approximate surface area is 149 Å². The Kier molecular flexibility index (Phi) is 5.33. The number of rotatable bonds is 6. The number of hydrogen-bond acceptors (Lipinski definition) is 4. The summed E-state index contributed by atoms with van der Waals surface area (Å²) in [5.41, 5.74) is 2.19. The number of thioether (sulfide) groups is 1. The summed E-state index contributed by atoms with van der Waals surface area (Å²) < 4.78 is 15.1.